The van der Waals surface area contributed by atoms with Gasteiger partial charge in [-0.05, 0) is 47.5 Å². The van der Waals surface area contributed by atoms with Crippen molar-refractivity contribution in [3.05, 3.63) is 82.2 Å². The fraction of sp³-hybridized carbons (Fsp3) is 0.261. The number of halogens is 1. The number of methoxy groups -OCH3 is 1. The molecule has 0 fully saturated rings. The topological polar surface area (TPSA) is 70.6 Å². The van der Waals surface area contributed by atoms with Gasteiger partial charge in [0.15, 0.2) is 11.5 Å². The molecule has 0 aliphatic carbocycles. The molecule has 0 saturated heterocycles. The molecular weight excluding hydrogens is 418 g/mol. The molecule has 31 heavy (non-hydrogen) atoms. The summed E-state index contributed by atoms with van der Waals surface area (Å²) in [5.41, 5.74) is 3.81. The number of aryl methyl sites for hydroxylation is 2. The smallest absolute Gasteiger partial charge is 0.328 e. The van der Waals surface area contributed by atoms with Crippen LogP contribution in [0.15, 0.2) is 64.0 Å². The fourth-order valence-corrected chi connectivity index (χ4v) is 3.49. The Balaban J connectivity index is 0.00000272. The second-order valence-electron chi connectivity index (χ2n) is 7.18. The molecule has 2 heterocycles. The lowest BCUT2D eigenvalue weighted by atomic mass is 10.2. The minimum Gasteiger partial charge on any atom is -0.493 e. The van der Waals surface area contributed by atoms with Crippen LogP contribution in [0.3, 0.4) is 0 Å². The van der Waals surface area contributed by atoms with Gasteiger partial charge in [0.25, 0.3) is 0 Å². The highest BCUT2D eigenvalue weighted by Crippen LogP contribution is 2.29. The van der Waals surface area contributed by atoms with Crippen molar-refractivity contribution in [2.45, 2.75) is 19.7 Å². The first kappa shape index (κ1) is 22.5. The molecule has 0 saturated carbocycles. The Labute approximate surface area is 186 Å². The minimum absolute atomic E-state index is 0. The summed E-state index contributed by atoms with van der Waals surface area (Å²) in [5.74, 6) is 2.25. The maximum atomic E-state index is 12.1. The van der Waals surface area contributed by atoms with Gasteiger partial charge in [-0.1, -0.05) is 12.1 Å². The van der Waals surface area contributed by atoms with Gasteiger partial charge in [-0.15, -0.1) is 12.4 Å². The predicted octanol–water partition coefficient (Wildman–Crippen LogP) is 3.77. The molecule has 2 aromatic heterocycles. The van der Waals surface area contributed by atoms with Gasteiger partial charge >= 0.3 is 5.69 Å². The number of hydrogen-bond acceptors (Lipinski definition) is 5. The summed E-state index contributed by atoms with van der Waals surface area (Å²) < 4.78 is 20.1. The van der Waals surface area contributed by atoms with Crippen LogP contribution in [0.2, 0.25) is 0 Å². The molecule has 0 spiro atoms. The van der Waals surface area contributed by atoms with Crippen LogP contribution in [0.25, 0.3) is 11.0 Å². The number of nitrogens with zero attached hydrogens (tertiary/aromatic N) is 2. The highest BCUT2D eigenvalue weighted by molar-refractivity contribution is 5.85. The van der Waals surface area contributed by atoms with E-state index in [1.165, 1.54) is 0 Å². The van der Waals surface area contributed by atoms with Crippen LogP contribution in [0.4, 0.5) is 0 Å². The molecule has 0 atom stereocenters. The number of fused-ring (bicyclic) bond motifs is 1. The first-order valence-electron chi connectivity index (χ1n) is 9.74. The number of aromatic nitrogens is 2. The third-order valence-electron chi connectivity index (χ3n) is 5.17. The number of nitrogens with one attached hydrogen (secondary N) is 1. The lowest BCUT2D eigenvalue weighted by Crippen LogP contribution is -2.19. The van der Waals surface area contributed by atoms with Gasteiger partial charge in [0, 0.05) is 20.6 Å². The number of imidazole rings is 1. The van der Waals surface area contributed by atoms with Gasteiger partial charge in [0.05, 0.1) is 31.0 Å². The van der Waals surface area contributed by atoms with Crippen LogP contribution in [0, 0.1) is 0 Å². The van der Waals surface area contributed by atoms with E-state index in [0.717, 1.165) is 27.9 Å². The average molecular weight is 444 g/mol. The molecule has 4 aromatic rings. The van der Waals surface area contributed by atoms with E-state index in [4.69, 9.17) is 13.9 Å². The Hall–Kier alpha value is -3.16. The molecule has 0 radical (unpaired) electrons. The number of benzene rings is 2. The third-order valence-corrected chi connectivity index (χ3v) is 5.17. The van der Waals surface area contributed by atoms with Gasteiger partial charge < -0.3 is 19.2 Å². The van der Waals surface area contributed by atoms with Gasteiger partial charge in [0.1, 0.15) is 12.4 Å². The number of furan rings is 1. The molecule has 4 rings (SSSR count). The van der Waals surface area contributed by atoms with Crippen LogP contribution in [0.5, 0.6) is 11.5 Å². The van der Waals surface area contributed by atoms with E-state index < -0.39 is 0 Å². The van der Waals surface area contributed by atoms with Crippen molar-refractivity contribution in [1.29, 1.82) is 0 Å². The molecule has 0 aliphatic rings. The fourth-order valence-electron chi connectivity index (χ4n) is 3.49. The molecule has 7 nitrogen and oxygen atoms in total. The minimum atomic E-state index is -0.0408. The van der Waals surface area contributed by atoms with Crippen molar-refractivity contribution in [3.63, 3.8) is 0 Å². The van der Waals surface area contributed by atoms with Gasteiger partial charge in [-0.3, -0.25) is 9.13 Å². The largest absolute Gasteiger partial charge is 0.493 e. The predicted molar refractivity (Wildman–Crippen MR) is 122 cm³/mol. The molecule has 2 aromatic carbocycles. The van der Waals surface area contributed by atoms with Crippen LogP contribution in [-0.2, 0) is 33.8 Å². The number of hydrogen-bond donors (Lipinski definition) is 1. The van der Waals surface area contributed by atoms with Crippen molar-refractivity contribution < 1.29 is 13.9 Å². The SMILES string of the molecule is COc1cc(CNCc2ccco2)ccc1OCc1ccc2c(c1)n(C)c(=O)n2C.Cl. The normalized spacial score (nSPS) is 10.8. The summed E-state index contributed by atoms with van der Waals surface area (Å²) in [5, 5.41) is 3.34. The second kappa shape index (κ2) is 9.76. The van der Waals surface area contributed by atoms with E-state index in [0.29, 0.717) is 31.2 Å². The maximum Gasteiger partial charge on any atom is 0.328 e. The van der Waals surface area contributed by atoms with E-state index in [-0.39, 0.29) is 18.1 Å². The van der Waals surface area contributed by atoms with E-state index in [1.54, 1.807) is 36.6 Å². The maximum absolute atomic E-state index is 12.1. The van der Waals surface area contributed by atoms with Gasteiger partial charge in [-0.2, -0.15) is 0 Å². The molecule has 164 valence electrons. The highest BCUT2D eigenvalue weighted by atomic mass is 35.5. The van der Waals surface area contributed by atoms with Crippen molar-refractivity contribution in [1.82, 2.24) is 14.5 Å². The summed E-state index contributed by atoms with van der Waals surface area (Å²) >= 11 is 0. The van der Waals surface area contributed by atoms with Crippen LogP contribution < -0.4 is 20.5 Å². The number of ether oxygens (including phenoxy) is 2. The first-order valence-corrected chi connectivity index (χ1v) is 9.74. The zero-order valence-corrected chi connectivity index (χ0v) is 18.6. The van der Waals surface area contributed by atoms with Crippen LogP contribution in [-0.4, -0.2) is 16.2 Å². The van der Waals surface area contributed by atoms with E-state index in [2.05, 4.69) is 5.32 Å². The van der Waals surface area contributed by atoms with Gasteiger partial charge in [0.2, 0.25) is 0 Å². The van der Waals surface area contributed by atoms with E-state index in [1.807, 2.05) is 48.5 Å². The Morgan fingerprint density at radius 1 is 0.935 bits per heavy atom. The zero-order chi connectivity index (χ0) is 21.1. The Morgan fingerprint density at radius 3 is 2.45 bits per heavy atom. The second-order valence-corrected chi connectivity index (χ2v) is 7.18. The summed E-state index contributed by atoms with van der Waals surface area (Å²) in [4.78, 5) is 12.1. The van der Waals surface area contributed by atoms with Crippen molar-refractivity contribution in [2.24, 2.45) is 14.1 Å². The summed E-state index contributed by atoms with van der Waals surface area (Å²) in [6.07, 6.45) is 1.67. The van der Waals surface area contributed by atoms with E-state index in [9.17, 15) is 4.79 Å². The zero-order valence-electron chi connectivity index (χ0n) is 17.8. The van der Waals surface area contributed by atoms with Crippen molar-refractivity contribution in [2.75, 3.05) is 7.11 Å². The van der Waals surface area contributed by atoms with Crippen LogP contribution in [0.1, 0.15) is 16.9 Å². The molecule has 1 N–H and O–H groups in total. The molecule has 0 unspecified atom stereocenters. The lowest BCUT2D eigenvalue weighted by molar-refractivity contribution is 0.284. The standard InChI is InChI=1S/C23H25N3O4.ClH/c1-25-19-8-6-17(11-20(19)26(2)23(25)27)15-30-21-9-7-16(12-22(21)28-3)13-24-14-18-5-4-10-29-18;/h4-12,24H,13-15H2,1-3H3;1H. The average Bonchev–Trinajstić information content (AvgIpc) is 3.36. The Kier molecular flexibility index (Phi) is 7.09. The van der Waals surface area contributed by atoms with Crippen LogP contribution >= 0.6 is 12.4 Å². The highest BCUT2D eigenvalue weighted by Gasteiger charge is 2.10. The molecule has 0 amide bonds. The molecular formula is C23H26ClN3O4. The number of rotatable bonds is 8. The van der Waals surface area contributed by atoms with Gasteiger partial charge in [-0.25, -0.2) is 4.79 Å². The summed E-state index contributed by atoms with van der Waals surface area (Å²) in [6.45, 7) is 1.74. The summed E-state index contributed by atoms with van der Waals surface area (Å²) in [7, 11) is 5.18. The first-order chi connectivity index (χ1) is 14.6. The van der Waals surface area contributed by atoms with E-state index >= 15 is 0 Å². The molecule has 8 heteroatoms. The Morgan fingerprint density at radius 2 is 1.71 bits per heavy atom. The third kappa shape index (κ3) is 4.78. The molecule has 0 aliphatic heterocycles. The summed E-state index contributed by atoms with van der Waals surface area (Å²) in [6, 6.07) is 15.6. The van der Waals surface area contributed by atoms with Crippen molar-refractivity contribution in [3.8, 4) is 11.5 Å². The monoisotopic (exact) mass is 443 g/mol. The lowest BCUT2D eigenvalue weighted by Gasteiger charge is -2.13. The Bertz CT molecular complexity index is 1210. The van der Waals surface area contributed by atoms with Crippen molar-refractivity contribution >= 4 is 23.4 Å². The quantitative estimate of drug-likeness (QED) is 0.449. The molecule has 0 bridgehead atoms.